The number of hydrogen-bond donors (Lipinski definition) is 2. The van der Waals surface area contributed by atoms with E-state index < -0.39 is 0 Å². The number of nitrogens with zero attached hydrogens (tertiary/aromatic N) is 2. The number of carbonyl (C=O) groups excluding carboxylic acids is 2. The lowest BCUT2D eigenvalue weighted by Gasteiger charge is -2.41. The van der Waals surface area contributed by atoms with Gasteiger partial charge in [-0.25, -0.2) is 4.98 Å². The summed E-state index contributed by atoms with van der Waals surface area (Å²) in [5.74, 6) is 0.0517. The van der Waals surface area contributed by atoms with Crippen molar-refractivity contribution >= 4 is 23.3 Å². The fourth-order valence-electron chi connectivity index (χ4n) is 3.89. The largest absolute Gasteiger partial charge is 0.320 e. The van der Waals surface area contributed by atoms with Crippen molar-refractivity contribution in [1.29, 1.82) is 0 Å². The molecule has 0 bridgehead atoms. The molecule has 0 aliphatic heterocycles. The second-order valence-corrected chi connectivity index (χ2v) is 8.43. The summed E-state index contributed by atoms with van der Waals surface area (Å²) in [6.45, 7) is 4.31. The molecule has 3 aromatic rings. The first-order chi connectivity index (χ1) is 14.4. The maximum absolute atomic E-state index is 12.8. The van der Waals surface area contributed by atoms with E-state index in [2.05, 4.69) is 34.4 Å². The molecule has 1 aliphatic rings. The molecule has 6 nitrogen and oxygen atoms in total. The van der Waals surface area contributed by atoms with Crippen LogP contribution in [0.15, 0.2) is 67.1 Å². The van der Waals surface area contributed by atoms with Crippen LogP contribution in [0.25, 0.3) is 11.1 Å². The Kier molecular flexibility index (Phi) is 5.31. The summed E-state index contributed by atoms with van der Waals surface area (Å²) >= 11 is 0. The zero-order valence-corrected chi connectivity index (χ0v) is 17.1. The number of pyridine rings is 2. The van der Waals surface area contributed by atoms with Crippen LogP contribution in [0.5, 0.6) is 0 Å². The SMILES string of the molecule is CC1(C)CC(C(=O)Nc2cc(C(=O)Nc3cnccc3-c3ccccc3)ccn2)C1. The molecule has 1 aliphatic carbocycles. The minimum Gasteiger partial charge on any atom is -0.320 e. The standard InChI is InChI=1S/C24H24N4O2/c1-24(2)13-18(14-24)23(30)28-21-12-17(8-11-26-21)22(29)27-20-15-25-10-9-19(20)16-6-4-3-5-7-16/h3-12,15,18H,13-14H2,1-2H3,(H,27,29)(H,26,28,30). The fourth-order valence-corrected chi connectivity index (χ4v) is 3.89. The van der Waals surface area contributed by atoms with E-state index in [0.717, 1.165) is 24.0 Å². The van der Waals surface area contributed by atoms with Gasteiger partial charge in [0.1, 0.15) is 5.82 Å². The smallest absolute Gasteiger partial charge is 0.255 e. The topological polar surface area (TPSA) is 84.0 Å². The van der Waals surface area contributed by atoms with Crippen molar-refractivity contribution in [1.82, 2.24) is 9.97 Å². The van der Waals surface area contributed by atoms with E-state index in [1.54, 1.807) is 24.5 Å². The Morgan fingerprint density at radius 1 is 1.00 bits per heavy atom. The number of aromatic nitrogens is 2. The molecule has 0 spiro atoms. The summed E-state index contributed by atoms with van der Waals surface area (Å²) in [5, 5.41) is 5.76. The predicted molar refractivity (Wildman–Crippen MR) is 117 cm³/mol. The number of hydrogen-bond acceptors (Lipinski definition) is 4. The summed E-state index contributed by atoms with van der Waals surface area (Å²) in [6.07, 6.45) is 6.57. The Hall–Kier alpha value is -3.54. The molecule has 0 radical (unpaired) electrons. The Balaban J connectivity index is 1.48. The van der Waals surface area contributed by atoms with Crippen molar-refractivity contribution in [3.63, 3.8) is 0 Å². The van der Waals surface area contributed by atoms with Crippen molar-refractivity contribution in [2.45, 2.75) is 26.7 Å². The molecule has 1 fully saturated rings. The van der Waals surface area contributed by atoms with Gasteiger partial charge in [0, 0.05) is 29.4 Å². The van der Waals surface area contributed by atoms with Gasteiger partial charge >= 0.3 is 0 Å². The zero-order valence-electron chi connectivity index (χ0n) is 17.1. The summed E-state index contributed by atoms with van der Waals surface area (Å²) in [5.41, 5.74) is 3.12. The van der Waals surface area contributed by atoms with Crippen LogP contribution in [-0.4, -0.2) is 21.8 Å². The van der Waals surface area contributed by atoms with E-state index in [4.69, 9.17) is 0 Å². The minimum atomic E-state index is -0.289. The zero-order chi connectivity index (χ0) is 21.1. The van der Waals surface area contributed by atoms with E-state index >= 15 is 0 Å². The number of amides is 2. The van der Waals surface area contributed by atoms with Gasteiger partial charge < -0.3 is 10.6 Å². The molecule has 2 N–H and O–H groups in total. The van der Waals surface area contributed by atoms with Gasteiger partial charge in [-0.05, 0) is 42.0 Å². The van der Waals surface area contributed by atoms with Crippen LogP contribution in [0.1, 0.15) is 37.0 Å². The van der Waals surface area contributed by atoms with Gasteiger partial charge in [0.05, 0.1) is 11.9 Å². The first-order valence-electron chi connectivity index (χ1n) is 9.99. The fraction of sp³-hybridized carbons (Fsp3) is 0.250. The van der Waals surface area contributed by atoms with E-state index in [-0.39, 0.29) is 23.1 Å². The Morgan fingerprint density at radius 2 is 1.77 bits per heavy atom. The lowest BCUT2D eigenvalue weighted by molar-refractivity contribution is -0.126. The third kappa shape index (κ3) is 4.38. The molecule has 2 heterocycles. The minimum absolute atomic E-state index is 0.00288. The van der Waals surface area contributed by atoms with Crippen LogP contribution >= 0.6 is 0 Å². The Bertz CT molecular complexity index is 1070. The average Bonchev–Trinajstić information content (AvgIpc) is 2.73. The first-order valence-corrected chi connectivity index (χ1v) is 9.99. The lowest BCUT2D eigenvalue weighted by Crippen LogP contribution is -2.39. The number of anilines is 2. The highest BCUT2D eigenvalue weighted by molar-refractivity contribution is 6.06. The summed E-state index contributed by atoms with van der Waals surface area (Å²) < 4.78 is 0. The quantitative estimate of drug-likeness (QED) is 0.646. The van der Waals surface area contributed by atoms with Gasteiger partial charge in [0.15, 0.2) is 0 Å². The second-order valence-electron chi connectivity index (χ2n) is 8.43. The summed E-state index contributed by atoms with van der Waals surface area (Å²) in [4.78, 5) is 33.6. The number of rotatable bonds is 5. The predicted octanol–water partition coefficient (Wildman–Crippen LogP) is 4.77. The Morgan fingerprint density at radius 3 is 2.50 bits per heavy atom. The molecular weight excluding hydrogens is 376 g/mol. The maximum atomic E-state index is 12.8. The maximum Gasteiger partial charge on any atom is 0.255 e. The molecule has 30 heavy (non-hydrogen) atoms. The first kappa shape index (κ1) is 19.8. The van der Waals surface area contributed by atoms with Gasteiger partial charge in [-0.3, -0.25) is 14.6 Å². The molecule has 152 valence electrons. The van der Waals surface area contributed by atoms with Crippen LogP contribution in [0.4, 0.5) is 11.5 Å². The van der Waals surface area contributed by atoms with Crippen molar-refractivity contribution in [3.8, 4) is 11.1 Å². The van der Waals surface area contributed by atoms with Crippen molar-refractivity contribution in [2.24, 2.45) is 11.3 Å². The molecule has 4 rings (SSSR count). The summed E-state index contributed by atoms with van der Waals surface area (Å²) in [7, 11) is 0. The highest BCUT2D eigenvalue weighted by atomic mass is 16.2. The normalized spacial score (nSPS) is 15.1. The number of carbonyl (C=O) groups is 2. The molecule has 1 aromatic carbocycles. The molecule has 2 amide bonds. The molecule has 6 heteroatoms. The van der Waals surface area contributed by atoms with Crippen molar-refractivity contribution in [2.75, 3.05) is 10.6 Å². The van der Waals surface area contributed by atoms with Gasteiger partial charge in [0.2, 0.25) is 5.91 Å². The van der Waals surface area contributed by atoms with Crippen LogP contribution in [0.2, 0.25) is 0 Å². The third-order valence-electron chi connectivity index (χ3n) is 5.40. The molecular formula is C24H24N4O2. The van der Waals surface area contributed by atoms with Crippen LogP contribution in [0.3, 0.4) is 0 Å². The van der Waals surface area contributed by atoms with Gasteiger partial charge in [-0.2, -0.15) is 0 Å². The van der Waals surface area contributed by atoms with E-state index in [9.17, 15) is 9.59 Å². The monoisotopic (exact) mass is 400 g/mol. The molecule has 0 saturated heterocycles. The molecule has 0 unspecified atom stereocenters. The van der Waals surface area contributed by atoms with E-state index in [1.165, 1.54) is 6.20 Å². The van der Waals surface area contributed by atoms with Gasteiger partial charge in [-0.1, -0.05) is 44.2 Å². The second kappa shape index (κ2) is 8.06. The van der Waals surface area contributed by atoms with Gasteiger partial charge in [0.25, 0.3) is 5.91 Å². The molecule has 0 atom stereocenters. The third-order valence-corrected chi connectivity index (χ3v) is 5.40. The average molecular weight is 400 g/mol. The highest BCUT2D eigenvalue weighted by Gasteiger charge is 2.40. The van der Waals surface area contributed by atoms with Crippen LogP contribution in [-0.2, 0) is 4.79 Å². The van der Waals surface area contributed by atoms with E-state index in [0.29, 0.717) is 17.1 Å². The Labute approximate surface area is 175 Å². The van der Waals surface area contributed by atoms with Crippen LogP contribution < -0.4 is 10.6 Å². The summed E-state index contributed by atoms with van der Waals surface area (Å²) in [6, 6.07) is 14.9. The molecule has 2 aromatic heterocycles. The highest BCUT2D eigenvalue weighted by Crippen LogP contribution is 2.45. The lowest BCUT2D eigenvalue weighted by atomic mass is 9.64. The van der Waals surface area contributed by atoms with Crippen LogP contribution in [0, 0.1) is 11.3 Å². The van der Waals surface area contributed by atoms with Gasteiger partial charge in [-0.15, -0.1) is 0 Å². The van der Waals surface area contributed by atoms with Crippen molar-refractivity contribution < 1.29 is 9.59 Å². The van der Waals surface area contributed by atoms with E-state index in [1.807, 2.05) is 36.4 Å². The molecule has 1 saturated carbocycles. The number of nitrogens with one attached hydrogen (secondary N) is 2. The number of benzene rings is 1. The van der Waals surface area contributed by atoms with Crippen molar-refractivity contribution in [3.05, 3.63) is 72.7 Å².